The molecule has 1 aromatic heterocycles. The first-order chi connectivity index (χ1) is 24.4. The lowest BCUT2D eigenvalue weighted by molar-refractivity contribution is 0.648. The van der Waals surface area contributed by atoms with Gasteiger partial charge in [-0.15, -0.1) is 11.3 Å². The second-order valence-corrected chi connectivity index (χ2v) is 16.1. The second-order valence-electron chi connectivity index (χ2n) is 15.0. The van der Waals surface area contributed by atoms with Crippen LogP contribution in [0.1, 0.15) is 54.2 Å². The Morgan fingerprint density at radius 2 is 1.18 bits per heavy atom. The van der Waals surface area contributed by atoms with Crippen molar-refractivity contribution < 1.29 is 0 Å². The van der Waals surface area contributed by atoms with Gasteiger partial charge in [-0.1, -0.05) is 123 Å². The fourth-order valence-corrected chi connectivity index (χ4v) is 11.1. The van der Waals surface area contributed by atoms with Crippen LogP contribution >= 0.6 is 11.3 Å². The first-order valence-electron chi connectivity index (χ1n) is 17.7. The topological polar surface area (TPSA) is 3.24 Å². The highest BCUT2D eigenvalue weighted by molar-refractivity contribution is 7.25. The minimum atomic E-state index is -0.329. The van der Waals surface area contributed by atoms with E-state index < -0.39 is 0 Å². The summed E-state index contributed by atoms with van der Waals surface area (Å²) < 4.78 is 2.66. The normalized spacial score (nSPS) is 17.4. The van der Waals surface area contributed by atoms with Crippen molar-refractivity contribution in [3.63, 3.8) is 0 Å². The molecule has 1 atom stereocenters. The Balaban J connectivity index is 1.31. The van der Waals surface area contributed by atoms with Crippen LogP contribution in [-0.2, 0) is 10.8 Å². The number of benzene rings is 7. The average molecular weight is 658 g/mol. The summed E-state index contributed by atoms with van der Waals surface area (Å²) in [5, 5.41) is 2.66. The zero-order valence-corrected chi connectivity index (χ0v) is 29.5. The highest BCUT2D eigenvalue weighted by Gasteiger charge is 2.53. The van der Waals surface area contributed by atoms with Gasteiger partial charge in [-0.05, 0) is 111 Å². The van der Waals surface area contributed by atoms with Crippen LogP contribution in [0, 0.1) is 6.92 Å². The number of hydrogen-bond acceptors (Lipinski definition) is 2. The summed E-state index contributed by atoms with van der Waals surface area (Å²) in [6, 6.07) is 52.5. The highest BCUT2D eigenvalue weighted by Crippen LogP contribution is 2.68. The van der Waals surface area contributed by atoms with Crippen LogP contribution in [0.5, 0.6) is 0 Å². The second kappa shape index (κ2) is 9.62. The predicted octanol–water partition coefficient (Wildman–Crippen LogP) is 13.5. The zero-order chi connectivity index (χ0) is 33.5. The minimum Gasteiger partial charge on any atom is -0.309 e. The lowest BCUT2D eigenvalue weighted by Gasteiger charge is -2.45. The largest absolute Gasteiger partial charge is 0.309 e. The average Bonchev–Trinajstić information content (AvgIpc) is 3.74. The van der Waals surface area contributed by atoms with Gasteiger partial charge in [-0.25, -0.2) is 0 Å². The van der Waals surface area contributed by atoms with Gasteiger partial charge in [0.2, 0.25) is 0 Å². The molecule has 3 aliphatic rings. The molecule has 1 aliphatic heterocycles. The van der Waals surface area contributed by atoms with Gasteiger partial charge in [-0.3, -0.25) is 0 Å². The van der Waals surface area contributed by atoms with Gasteiger partial charge in [0.05, 0.1) is 11.4 Å². The van der Waals surface area contributed by atoms with Gasteiger partial charge in [-0.2, -0.15) is 0 Å². The monoisotopic (exact) mass is 657 g/mol. The predicted molar refractivity (Wildman–Crippen MR) is 213 cm³/mol. The molecule has 0 bridgehead atoms. The summed E-state index contributed by atoms with van der Waals surface area (Å²) in [6.45, 7) is 9.78. The molecule has 1 unspecified atom stereocenters. The third kappa shape index (κ3) is 3.38. The van der Waals surface area contributed by atoms with Crippen LogP contribution in [0.15, 0.2) is 140 Å². The Bertz CT molecular complexity index is 2770. The summed E-state index contributed by atoms with van der Waals surface area (Å²) in [5.74, 6) is 0. The van der Waals surface area contributed by atoms with Gasteiger partial charge in [0.1, 0.15) is 0 Å². The molecular weight excluding hydrogens is 623 g/mol. The van der Waals surface area contributed by atoms with Gasteiger partial charge >= 0.3 is 0 Å². The molecule has 0 fully saturated rings. The zero-order valence-electron chi connectivity index (χ0n) is 28.6. The maximum Gasteiger partial charge on any atom is 0.0559 e. The first kappa shape index (κ1) is 28.4. The fraction of sp³-hybridized carbons (Fsp3) is 0.125. The summed E-state index contributed by atoms with van der Waals surface area (Å²) in [4.78, 5) is 2.65. The molecule has 2 heteroatoms. The standard InChI is InChI=1S/C48H35NS/c1-28-42-34-17-8-11-19-36(34)47(2,3)44(42)46-45-43(28)35-18-9-12-20-37(35)48(45,4)38-26-30(29-14-6-5-7-15-29)22-25-39(38)49(46)31-23-24-33-32-16-10-13-21-40(32)50-41(33)27-31/h5-27H,1-4H3. The Labute approximate surface area is 297 Å². The smallest absolute Gasteiger partial charge is 0.0559 e. The molecule has 1 nitrogen and oxygen atoms in total. The summed E-state index contributed by atoms with van der Waals surface area (Å²) in [5.41, 5.74) is 19.9. The fourth-order valence-electron chi connectivity index (χ4n) is 9.97. The van der Waals surface area contributed by atoms with Crippen LogP contribution in [0.2, 0.25) is 0 Å². The Kier molecular flexibility index (Phi) is 5.47. The molecule has 11 rings (SSSR count). The quantitative estimate of drug-likeness (QED) is 0.179. The molecule has 238 valence electrons. The van der Waals surface area contributed by atoms with Crippen molar-refractivity contribution in [2.24, 2.45) is 0 Å². The van der Waals surface area contributed by atoms with E-state index in [0.717, 1.165) is 0 Å². The number of anilines is 3. The Hall–Kier alpha value is -5.44. The molecule has 0 N–H and O–H groups in total. The molecule has 50 heavy (non-hydrogen) atoms. The van der Waals surface area contributed by atoms with E-state index in [1.54, 1.807) is 0 Å². The lowest BCUT2D eigenvalue weighted by Crippen LogP contribution is -2.34. The van der Waals surface area contributed by atoms with Gasteiger partial charge in [0.15, 0.2) is 0 Å². The van der Waals surface area contributed by atoms with E-state index in [0.29, 0.717) is 0 Å². The first-order valence-corrected chi connectivity index (χ1v) is 18.5. The minimum absolute atomic E-state index is 0.182. The molecule has 0 radical (unpaired) electrons. The molecule has 0 amide bonds. The van der Waals surface area contributed by atoms with Gasteiger partial charge in [0.25, 0.3) is 0 Å². The lowest BCUT2D eigenvalue weighted by atomic mass is 9.67. The van der Waals surface area contributed by atoms with E-state index in [2.05, 4.69) is 172 Å². The molecule has 7 aromatic carbocycles. The van der Waals surface area contributed by atoms with Crippen molar-refractivity contribution >= 4 is 48.6 Å². The Morgan fingerprint density at radius 1 is 0.520 bits per heavy atom. The van der Waals surface area contributed by atoms with Crippen molar-refractivity contribution in [2.45, 2.75) is 38.5 Å². The molecule has 2 aliphatic carbocycles. The van der Waals surface area contributed by atoms with Crippen LogP contribution < -0.4 is 4.90 Å². The molecule has 0 saturated heterocycles. The third-order valence-corrected chi connectivity index (χ3v) is 13.3. The molecular formula is C48H35NS. The van der Waals surface area contributed by atoms with Gasteiger partial charge in [0, 0.05) is 36.7 Å². The van der Waals surface area contributed by atoms with Crippen molar-refractivity contribution in [2.75, 3.05) is 4.90 Å². The maximum absolute atomic E-state index is 2.65. The van der Waals surface area contributed by atoms with Crippen LogP contribution in [0.3, 0.4) is 0 Å². The van der Waals surface area contributed by atoms with Crippen molar-refractivity contribution in [3.05, 3.63) is 173 Å². The number of nitrogens with zero attached hydrogens (tertiary/aromatic N) is 1. The number of thiophene rings is 1. The van der Waals surface area contributed by atoms with E-state index in [1.165, 1.54) is 104 Å². The van der Waals surface area contributed by atoms with Crippen molar-refractivity contribution in [1.29, 1.82) is 0 Å². The highest BCUT2D eigenvalue weighted by atomic mass is 32.1. The number of fused-ring (bicyclic) bond motifs is 12. The van der Waals surface area contributed by atoms with Crippen LogP contribution in [0.25, 0.3) is 53.6 Å². The molecule has 0 saturated carbocycles. The summed E-state index contributed by atoms with van der Waals surface area (Å²) >= 11 is 1.90. The van der Waals surface area contributed by atoms with E-state index in [-0.39, 0.29) is 10.8 Å². The van der Waals surface area contributed by atoms with Crippen molar-refractivity contribution in [1.82, 2.24) is 0 Å². The van der Waals surface area contributed by atoms with Gasteiger partial charge < -0.3 is 4.90 Å². The van der Waals surface area contributed by atoms with E-state index in [1.807, 2.05) is 11.3 Å². The molecule has 0 spiro atoms. The maximum atomic E-state index is 2.65. The van der Waals surface area contributed by atoms with E-state index in [4.69, 9.17) is 0 Å². The SMILES string of the molecule is Cc1c2c(c3c4c1-c1ccccc1C4(C)c1cc(-c4ccccc4)ccc1N3c1ccc3c(c1)sc1ccccc13)C(C)(C)c1ccccc1-2. The number of rotatable bonds is 2. The van der Waals surface area contributed by atoms with E-state index in [9.17, 15) is 0 Å². The summed E-state index contributed by atoms with van der Waals surface area (Å²) in [6.07, 6.45) is 0. The van der Waals surface area contributed by atoms with Crippen LogP contribution in [0.4, 0.5) is 17.1 Å². The van der Waals surface area contributed by atoms with Crippen molar-refractivity contribution in [3.8, 4) is 33.4 Å². The molecule has 2 heterocycles. The van der Waals surface area contributed by atoms with E-state index >= 15 is 0 Å². The van der Waals surface area contributed by atoms with Crippen LogP contribution in [-0.4, -0.2) is 0 Å². The third-order valence-electron chi connectivity index (χ3n) is 12.2. The Morgan fingerprint density at radius 3 is 2.00 bits per heavy atom. The molecule has 8 aromatic rings. The number of hydrogen-bond donors (Lipinski definition) is 0. The summed E-state index contributed by atoms with van der Waals surface area (Å²) in [7, 11) is 0.